The molecule has 2 rings (SSSR count). The Labute approximate surface area is 115 Å². The normalized spacial score (nSPS) is 11.1. The van der Waals surface area contributed by atoms with Crippen LogP contribution in [0, 0.1) is 6.92 Å². The zero-order valence-electron chi connectivity index (χ0n) is 11.8. The maximum absolute atomic E-state index is 5.03. The third-order valence-electron chi connectivity index (χ3n) is 3.17. The van der Waals surface area contributed by atoms with E-state index in [4.69, 9.17) is 4.74 Å². The fraction of sp³-hybridized carbons (Fsp3) is 0.438. The minimum Gasteiger partial charge on any atom is -0.385 e. The molecule has 102 valence electrons. The number of hydrogen-bond acceptors (Lipinski definition) is 3. The molecule has 0 amide bonds. The lowest BCUT2D eigenvalue weighted by molar-refractivity contribution is 0.192. The van der Waals surface area contributed by atoms with E-state index in [0.29, 0.717) is 0 Å². The fourth-order valence-electron chi connectivity index (χ4n) is 2.12. The molecule has 0 fully saturated rings. The molecule has 0 saturated carbocycles. The van der Waals surface area contributed by atoms with Crippen molar-refractivity contribution in [2.75, 3.05) is 20.3 Å². The maximum Gasteiger partial charge on any atom is 0.0705 e. The van der Waals surface area contributed by atoms with E-state index in [0.717, 1.165) is 43.7 Å². The zero-order valence-corrected chi connectivity index (χ0v) is 11.8. The molecule has 3 heteroatoms. The van der Waals surface area contributed by atoms with Crippen molar-refractivity contribution in [3.05, 3.63) is 41.6 Å². The number of aromatic nitrogens is 1. The Bertz CT molecular complexity index is 525. The van der Waals surface area contributed by atoms with E-state index < -0.39 is 0 Å². The standard InChI is InChI=1S/C16H22N2O/c1-13-5-7-15-11-14(6-8-16(15)18-13)12-17-9-3-4-10-19-2/h5-8,11,17H,3-4,9-10,12H2,1-2H3. The van der Waals surface area contributed by atoms with Gasteiger partial charge in [0.2, 0.25) is 0 Å². The highest BCUT2D eigenvalue weighted by atomic mass is 16.5. The van der Waals surface area contributed by atoms with Crippen LogP contribution in [-0.4, -0.2) is 25.2 Å². The van der Waals surface area contributed by atoms with Crippen LogP contribution >= 0.6 is 0 Å². The minimum atomic E-state index is 0.850. The van der Waals surface area contributed by atoms with E-state index >= 15 is 0 Å². The van der Waals surface area contributed by atoms with Crippen molar-refractivity contribution in [2.24, 2.45) is 0 Å². The molecule has 0 bridgehead atoms. The van der Waals surface area contributed by atoms with E-state index in [2.05, 4.69) is 40.6 Å². The SMILES string of the molecule is COCCCCNCc1ccc2nc(C)ccc2c1. The molecule has 2 aromatic rings. The molecule has 0 radical (unpaired) electrons. The largest absolute Gasteiger partial charge is 0.385 e. The van der Waals surface area contributed by atoms with Crippen LogP contribution in [0.3, 0.4) is 0 Å². The molecule has 1 N–H and O–H groups in total. The van der Waals surface area contributed by atoms with E-state index in [-0.39, 0.29) is 0 Å². The summed E-state index contributed by atoms with van der Waals surface area (Å²) < 4.78 is 5.03. The number of nitrogens with zero attached hydrogens (tertiary/aromatic N) is 1. The summed E-state index contributed by atoms with van der Waals surface area (Å²) in [5.74, 6) is 0. The molecular weight excluding hydrogens is 236 g/mol. The number of rotatable bonds is 7. The number of ether oxygens (including phenoxy) is 1. The molecule has 0 spiro atoms. The van der Waals surface area contributed by atoms with E-state index in [9.17, 15) is 0 Å². The van der Waals surface area contributed by atoms with Crippen LogP contribution in [0.15, 0.2) is 30.3 Å². The van der Waals surface area contributed by atoms with Crippen molar-refractivity contribution < 1.29 is 4.74 Å². The number of pyridine rings is 1. The lowest BCUT2D eigenvalue weighted by Gasteiger charge is -2.06. The van der Waals surface area contributed by atoms with Crippen molar-refractivity contribution in [1.29, 1.82) is 0 Å². The Hall–Kier alpha value is -1.45. The summed E-state index contributed by atoms with van der Waals surface area (Å²) in [6, 6.07) is 10.7. The highest BCUT2D eigenvalue weighted by Gasteiger charge is 1.98. The summed E-state index contributed by atoms with van der Waals surface area (Å²) in [6.45, 7) is 4.82. The van der Waals surface area contributed by atoms with Gasteiger partial charge in [0.25, 0.3) is 0 Å². The van der Waals surface area contributed by atoms with Gasteiger partial charge in [-0.3, -0.25) is 4.98 Å². The lowest BCUT2D eigenvalue weighted by atomic mass is 10.1. The summed E-state index contributed by atoms with van der Waals surface area (Å²) in [4.78, 5) is 4.51. The topological polar surface area (TPSA) is 34.1 Å². The molecule has 0 aliphatic carbocycles. The highest BCUT2D eigenvalue weighted by molar-refractivity contribution is 5.79. The first-order chi connectivity index (χ1) is 9.29. The molecule has 0 aliphatic heterocycles. The Balaban J connectivity index is 1.86. The van der Waals surface area contributed by atoms with Gasteiger partial charge in [-0.05, 0) is 50.1 Å². The van der Waals surface area contributed by atoms with Crippen LogP contribution < -0.4 is 5.32 Å². The predicted molar refractivity (Wildman–Crippen MR) is 79.3 cm³/mol. The van der Waals surface area contributed by atoms with Gasteiger partial charge in [-0.2, -0.15) is 0 Å². The predicted octanol–water partition coefficient (Wildman–Crippen LogP) is 3.06. The molecule has 1 heterocycles. The van der Waals surface area contributed by atoms with Crippen LogP contribution in [-0.2, 0) is 11.3 Å². The third-order valence-corrected chi connectivity index (χ3v) is 3.17. The molecule has 0 aliphatic rings. The molecule has 1 aromatic carbocycles. The number of unbranched alkanes of at least 4 members (excludes halogenated alkanes) is 1. The van der Waals surface area contributed by atoms with Gasteiger partial charge in [0.05, 0.1) is 5.52 Å². The average molecular weight is 258 g/mol. The van der Waals surface area contributed by atoms with Crippen LogP contribution in [0.2, 0.25) is 0 Å². The first-order valence-electron chi connectivity index (χ1n) is 6.85. The highest BCUT2D eigenvalue weighted by Crippen LogP contribution is 2.14. The van der Waals surface area contributed by atoms with Crippen molar-refractivity contribution in [3.8, 4) is 0 Å². The second-order valence-electron chi connectivity index (χ2n) is 4.86. The number of methoxy groups -OCH3 is 1. The van der Waals surface area contributed by atoms with Gasteiger partial charge in [0.15, 0.2) is 0 Å². The molecular formula is C16H22N2O. The second kappa shape index (κ2) is 7.22. The van der Waals surface area contributed by atoms with Crippen molar-refractivity contribution in [3.63, 3.8) is 0 Å². The summed E-state index contributed by atoms with van der Waals surface area (Å²) in [7, 11) is 1.75. The van der Waals surface area contributed by atoms with Gasteiger partial charge in [-0.1, -0.05) is 12.1 Å². The summed E-state index contributed by atoms with van der Waals surface area (Å²) in [6.07, 6.45) is 2.27. The van der Waals surface area contributed by atoms with E-state index in [1.807, 2.05) is 6.92 Å². The molecule has 0 unspecified atom stereocenters. The summed E-state index contributed by atoms with van der Waals surface area (Å²) >= 11 is 0. The van der Waals surface area contributed by atoms with Crippen LogP contribution in [0.5, 0.6) is 0 Å². The Morgan fingerprint density at radius 1 is 1.16 bits per heavy atom. The monoisotopic (exact) mass is 258 g/mol. The first kappa shape index (κ1) is 14.0. The number of aryl methyl sites for hydroxylation is 1. The number of fused-ring (bicyclic) bond motifs is 1. The number of hydrogen-bond donors (Lipinski definition) is 1. The Kier molecular flexibility index (Phi) is 5.31. The summed E-state index contributed by atoms with van der Waals surface area (Å²) in [5.41, 5.74) is 3.45. The van der Waals surface area contributed by atoms with Gasteiger partial charge in [0, 0.05) is 31.3 Å². The average Bonchev–Trinajstić information content (AvgIpc) is 2.43. The van der Waals surface area contributed by atoms with Crippen molar-refractivity contribution >= 4 is 10.9 Å². The van der Waals surface area contributed by atoms with Gasteiger partial charge < -0.3 is 10.1 Å². The van der Waals surface area contributed by atoms with Crippen molar-refractivity contribution in [1.82, 2.24) is 10.3 Å². The van der Waals surface area contributed by atoms with E-state index in [1.54, 1.807) is 7.11 Å². The first-order valence-corrected chi connectivity index (χ1v) is 6.85. The molecule has 3 nitrogen and oxygen atoms in total. The molecule has 1 aromatic heterocycles. The fourth-order valence-corrected chi connectivity index (χ4v) is 2.12. The Morgan fingerprint density at radius 2 is 2.05 bits per heavy atom. The zero-order chi connectivity index (χ0) is 13.5. The lowest BCUT2D eigenvalue weighted by Crippen LogP contribution is -2.15. The van der Waals surface area contributed by atoms with Crippen molar-refractivity contribution in [2.45, 2.75) is 26.3 Å². The van der Waals surface area contributed by atoms with Gasteiger partial charge >= 0.3 is 0 Å². The van der Waals surface area contributed by atoms with E-state index in [1.165, 1.54) is 10.9 Å². The molecule has 0 saturated heterocycles. The smallest absolute Gasteiger partial charge is 0.0705 e. The van der Waals surface area contributed by atoms with Crippen LogP contribution in [0.4, 0.5) is 0 Å². The van der Waals surface area contributed by atoms with Gasteiger partial charge in [0.1, 0.15) is 0 Å². The Morgan fingerprint density at radius 3 is 2.89 bits per heavy atom. The second-order valence-corrected chi connectivity index (χ2v) is 4.86. The maximum atomic E-state index is 5.03. The number of benzene rings is 1. The minimum absolute atomic E-state index is 0.850. The van der Waals surface area contributed by atoms with Gasteiger partial charge in [-0.25, -0.2) is 0 Å². The molecule has 19 heavy (non-hydrogen) atoms. The van der Waals surface area contributed by atoms with Crippen LogP contribution in [0.25, 0.3) is 10.9 Å². The molecule has 0 atom stereocenters. The number of nitrogens with one attached hydrogen (secondary N) is 1. The summed E-state index contributed by atoms with van der Waals surface area (Å²) in [5, 5.41) is 4.67. The quantitative estimate of drug-likeness (QED) is 0.775. The van der Waals surface area contributed by atoms with Crippen LogP contribution in [0.1, 0.15) is 24.1 Å². The third kappa shape index (κ3) is 4.30. The van der Waals surface area contributed by atoms with Gasteiger partial charge in [-0.15, -0.1) is 0 Å².